The number of benzene rings is 1. The quantitative estimate of drug-likeness (QED) is 0.610. The van der Waals surface area contributed by atoms with E-state index in [4.69, 9.17) is 0 Å². The number of hydrogen-bond donors (Lipinski definition) is 0. The van der Waals surface area contributed by atoms with E-state index in [1.807, 2.05) is 20.8 Å². The first-order valence-corrected chi connectivity index (χ1v) is 11.4. The summed E-state index contributed by atoms with van der Waals surface area (Å²) in [5.41, 5.74) is -0.0339. The Morgan fingerprint density at radius 3 is 1.77 bits per heavy atom. The first-order chi connectivity index (χ1) is 9.81. The first-order valence-electron chi connectivity index (χ1n) is 7.02. The fourth-order valence-corrected chi connectivity index (χ4v) is 9.09. The van der Waals surface area contributed by atoms with Crippen LogP contribution in [0.2, 0.25) is 0 Å². The molecule has 4 nitrogen and oxygen atoms in total. The standard InChI is InChI=1S/C15H21IO4S2/c1-14(2,3)12-9-21(17,18)15(4,22(19,20)10-12)11-5-7-13(16)8-6-11/h5-8,12H,9-10H2,1-4H3. The highest BCUT2D eigenvalue weighted by Crippen LogP contribution is 2.46. The lowest BCUT2D eigenvalue weighted by Crippen LogP contribution is -2.53. The van der Waals surface area contributed by atoms with Crippen molar-refractivity contribution >= 4 is 42.3 Å². The van der Waals surface area contributed by atoms with Crippen LogP contribution in [0, 0.1) is 14.9 Å². The molecule has 1 heterocycles. The second kappa shape index (κ2) is 5.44. The van der Waals surface area contributed by atoms with Gasteiger partial charge >= 0.3 is 0 Å². The van der Waals surface area contributed by atoms with Gasteiger partial charge in [-0.05, 0) is 58.5 Å². The Bertz CT molecular complexity index is 736. The van der Waals surface area contributed by atoms with Gasteiger partial charge in [-0.2, -0.15) is 0 Å². The van der Waals surface area contributed by atoms with E-state index in [1.165, 1.54) is 6.92 Å². The summed E-state index contributed by atoms with van der Waals surface area (Å²) in [5, 5.41) is 0. The molecule has 1 aliphatic rings. The van der Waals surface area contributed by atoms with E-state index in [-0.39, 0.29) is 22.8 Å². The minimum absolute atomic E-state index is 0.0990. The fraction of sp³-hybridized carbons (Fsp3) is 0.600. The van der Waals surface area contributed by atoms with Crippen molar-refractivity contribution in [1.29, 1.82) is 0 Å². The zero-order valence-corrected chi connectivity index (χ0v) is 16.9. The molecule has 1 fully saturated rings. The molecule has 1 aromatic carbocycles. The topological polar surface area (TPSA) is 68.3 Å². The molecular weight excluding hydrogens is 435 g/mol. The zero-order chi connectivity index (χ0) is 17.0. The van der Waals surface area contributed by atoms with Crippen LogP contribution in [0.4, 0.5) is 0 Å². The molecule has 0 saturated carbocycles. The maximum Gasteiger partial charge on any atom is 0.195 e. The van der Waals surface area contributed by atoms with Crippen molar-refractivity contribution in [3.05, 3.63) is 33.4 Å². The van der Waals surface area contributed by atoms with E-state index < -0.39 is 23.8 Å². The summed E-state index contributed by atoms with van der Waals surface area (Å²) < 4.78 is 50.6. The average molecular weight is 456 g/mol. The maximum atomic E-state index is 12.9. The SMILES string of the molecule is CC(C)(C)C1CS(=O)(=O)C(C)(c2ccc(I)cc2)S(=O)(=O)C1. The third-order valence-corrected chi connectivity index (χ3v) is 11.4. The van der Waals surface area contributed by atoms with Gasteiger partial charge in [0.15, 0.2) is 23.8 Å². The molecule has 0 bridgehead atoms. The third kappa shape index (κ3) is 2.84. The van der Waals surface area contributed by atoms with Crippen LogP contribution in [0.1, 0.15) is 33.3 Å². The predicted octanol–water partition coefficient (Wildman–Crippen LogP) is 2.97. The Morgan fingerprint density at radius 2 is 1.41 bits per heavy atom. The van der Waals surface area contributed by atoms with Crippen LogP contribution in [0.5, 0.6) is 0 Å². The minimum atomic E-state index is -3.82. The molecule has 0 aliphatic carbocycles. The van der Waals surface area contributed by atoms with E-state index in [0.29, 0.717) is 5.56 Å². The largest absolute Gasteiger partial charge is 0.227 e. The van der Waals surface area contributed by atoms with E-state index in [0.717, 1.165) is 3.57 Å². The first kappa shape index (κ1) is 18.2. The zero-order valence-electron chi connectivity index (χ0n) is 13.1. The highest BCUT2D eigenvalue weighted by Gasteiger charge is 2.58. The molecule has 1 saturated heterocycles. The van der Waals surface area contributed by atoms with Gasteiger partial charge in [0.05, 0.1) is 11.5 Å². The van der Waals surface area contributed by atoms with Gasteiger partial charge in [0.25, 0.3) is 0 Å². The van der Waals surface area contributed by atoms with Crippen LogP contribution < -0.4 is 0 Å². The van der Waals surface area contributed by atoms with Crippen LogP contribution in [0.15, 0.2) is 24.3 Å². The molecule has 1 aliphatic heterocycles. The Balaban J connectivity index is 2.64. The van der Waals surface area contributed by atoms with Crippen molar-refractivity contribution in [3.8, 4) is 0 Å². The highest BCUT2D eigenvalue weighted by molar-refractivity contribution is 14.1. The Labute approximate surface area is 146 Å². The molecule has 7 heteroatoms. The summed E-state index contributed by atoms with van der Waals surface area (Å²) in [6.07, 6.45) is 0. The summed E-state index contributed by atoms with van der Waals surface area (Å²) in [7, 11) is -7.64. The van der Waals surface area contributed by atoms with Crippen LogP contribution in [0.3, 0.4) is 0 Å². The number of rotatable bonds is 1. The van der Waals surface area contributed by atoms with E-state index in [1.54, 1.807) is 24.3 Å². The van der Waals surface area contributed by atoms with Gasteiger partial charge in [-0.1, -0.05) is 32.9 Å². The monoisotopic (exact) mass is 456 g/mol. The summed E-state index contributed by atoms with van der Waals surface area (Å²) in [4.78, 5) is 0. The molecule has 1 aromatic rings. The highest BCUT2D eigenvalue weighted by atomic mass is 127. The second-order valence-corrected chi connectivity index (χ2v) is 13.3. The van der Waals surface area contributed by atoms with E-state index in [2.05, 4.69) is 22.6 Å². The number of sulfone groups is 2. The van der Waals surface area contributed by atoms with Crippen molar-refractivity contribution in [3.63, 3.8) is 0 Å². The lowest BCUT2D eigenvalue weighted by Gasteiger charge is -2.41. The van der Waals surface area contributed by atoms with Crippen molar-refractivity contribution in [2.24, 2.45) is 11.3 Å². The molecule has 0 atom stereocenters. The fourth-order valence-electron chi connectivity index (χ4n) is 2.70. The summed E-state index contributed by atoms with van der Waals surface area (Å²) >= 11 is 2.10. The van der Waals surface area contributed by atoms with Crippen LogP contribution in [-0.2, 0) is 23.8 Å². The molecule has 0 spiro atoms. The van der Waals surface area contributed by atoms with Crippen molar-refractivity contribution in [2.45, 2.75) is 31.8 Å². The lowest BCUT2D eigenvalue weighted by atomic mass is 9.83. The van der Waals surface area contributed by atoms with Crippen molar-refractivity contribution in [1.82, 2.24) is 0 Å². The van der Waals surface area contributed by atoms with Gasteiger partial charge in [-0.15, -0.1) is 0 Å². The average Bonchev–Trinajstić information content (AvgIpc) is 2.34. The molecule has 2 rings (SSSR count). The van der Waals surface area contributed by atoms with Gasteiger partial charge in [0.1, 0.15) is 0 Å². The van der Waals surface area contributed by atoms with Crippen molar-refractivity contribution in [2.75, 3.05) is 11.5 Å². The van der Waals surface area contributed by atoms with Crippen molar-refractivity contribution < 1.29 is 16.8 Å². The normalized spacial score (nSPS) is 30.9. The molecule has 0 amide bonds. The third-order valence-electron chi connectivity index (χ3n) is 4.62. The Hall–Kier alpha value is -0.150. The minimum Gasteiger partial charge on any atom is -0.227 e. The predicted molar refractivity (Wildman–Crippen MR) is 97.0 cm³/mol. The summed E-state index contributed by atoms with van der Waals surface area (Å²) in [5.74, 6) is -0.587. The van der Waals surface area contributed by atoms with Gasteiger partial charge in [-0.25, -0.2) is 16.8 Å². The van der Waals surface area contributed by atoms with Gasteiger partial charge in [-0.3, -0.25) is 0 Å². The molecule has 124 valence electrons. The molecule has 22 heavy (non-hydrogen) atoms. The lowest BCUT2D eigenvalue weighted by molar-refractivity contribution is 0.282. The van der Waals surface area contributed by atoms with Gasteiger partial charge < -0.3 is 0 Å². The smallest absolute Gasteiger partial charge is 0.195 e. The molecule has 0 unspecified atom stereocenters. The van der Waals surface area contributed by atoms with Gasteiger partial charge in [0, 0.05) is 3.57 Å². The summed E-state index contributed by atoms with van der Waals surface area (Å²) in [6.45, 7) is 6.99. The Morgan fingerprint density at radius 1 is 1.00 bits per heavy atom. The number of halogens is 1. The molecule has 0 aromatic heterocycles. The van der Waals surface area contributed by atoms with Crippen LogP contribution in [0.25, 0.3) is 0 Å². The van der Waals surface area contributed by atoms with Gasteiger partial charge in [0.2, 0.25) is 0 Å². The number of hydrogen-bond acceptors (Lipinski definition) is 4. The maximum absolute atomic E-state index is 12.9. The molecular formula is C15H21IO4S2. The van der Waals surface area contributed by atoms with Crippen LogP contribution >= 0.6 is 22.6 Å². The second-order valence-electron chi connectivity index (χ2n) is 7.08. The molecule has 0 radical (unpaired) electrons. The van der Waals surface area contributed by atoms with Crippen LogP contribution in [-0.4, -0.2) is 28.3 Å². The summed E-state index contributed by atoms with van der Waals surface area (Å²) in [6, 6.07) is 6.69. The Kier molecular flexibility index (Phi) is 4.50. The molecule has 0 N–H and O–H groups in total. The van der Waals surface area contributed by atoms with E-state index in [9.17, 15) is 16.8 Å². The van der Waals surface area contributed by atoms with E-state index >= 15 is 0 Å².